The molecule has 3 atom stereocenters. The van der Waals surface area contributed by atoms with Crippen molar-refractivity contribution in [3.63, 3.8) is 0 Å². The molecule has 1 fully saturated rings. The molecule has 0 radical (unpaired) electrons. The Kier molecular flexibility index (Phi) is 5.92. The summed E-state index contributed by atoms with van der Waals surface area (Å²) in [5.74, 6) is -0.258. The van der Waals surface area contributed by atoms with Crippen molar-refractivity contribution in [3.05, 3.63) is 71.8 Å². The minimum absolute atomic E-state index is 0.258. The van der Waals surface area contributed by atoms with Gasteiger partial charge in [0.05, 0.1) is 5.56 Å². The van der Waals surface area contributed by atoms with Crippen molar-refractivity contribution < 1.29 is 9.53 Å². The van der Waals surface area contributed by atoms with Crippen LogP contribution in [0.25, 0.3) is 0 Å². The van der Waals surface area contributed by atoms with E-state index >= 15 is 0 Å². The van der Waals surface area contributed by atoms with Crippen molar-refractivity contribution >= 4 is 5.97 Å². The number of carbonyl (C=O) groups is 1. The molecule has 1 aliphatic rings. The van der Waals surface area contributed by atoms with Crippen molar-refractivity contribution in [2.75, 3.05) is 34.2 Å². The van der Waals surface area contributed by atoms with Gasteiger partial charge in [-0.05, 0) is 45.8 Å². The Hall–Kier alpha value is -2.17. The van der Waals surface area contributed by atoms with E-state index in [1.807, 2.05) is 48.5 Å². The van der Waals surface area contributed by atoms with Gasteiger partial charge in [-0.2, -0.15) is 0 Å². The van der Waals surface area contributed by atoms with E-state index in [1.54, 1.807) is 0 Å². The summed E-state index contributed by atoms with van der Waals surface area (Å²) in [4.78, 5) is 17.8. The summed E-state index contributed by atoms with van der Waals surface area (Å²) in [7, 11) is 6.32. The van der Waals surface area contributed by atoms with Crippen LogP contribution in [-0.4, -0.2) is 56.0 Å². The molecular formula is C24H32N2O2. The first-order valence-corrected chi connectivity index (χ1v) is 9.96. The number of esters is 1. The minimum Gasteiger partial charge on any atom is -0.450 e. The summed E-state index contributed by atoms with van der Waals surface area (Å²) in [6.45, 7) is 6.13. The summed E-state index contributed by atoms with van der Waals surface area (Å²) in [5, 5.41) is 0. The van der Waals surface area contributed by atoms with E-state index in [2.05, 4.69) is 56.9 Å². The van der Waals surface area contributed by atoms with Crippen LogP contribution >= 0.6 is 0 Å². The second-order valence-electron chi connectivity index (χ2n) is 8.72. The van der Waals surface area contributed by atoms with Gasteiger partial charge >= 0.3 is 5.97 Å². The smallest absolute Gasteiger partial charge is 0.339 e. The molecule has 3 unspecified atom stereocenters. The van der Waals surface area contributed by atoms with E-state index in [1.165, 1.54) is 0 Å². The number of hydrogen-bond acceptors (Lipinski definition) is 4. The molecule has 3 rings (SSSR count). The summed E-state index contributed by atoms with van der Waals surface area (Å²) in [5.41, 5.74) is 0.709. The van der Waals surface area contributed by atoms with Gasteiger partial charge in [0.2, 0.25) is 0 Å². The second kappa shape index (κ2) is 8.06. The standard InChI is InChI=1S/C24H32N2O2/c1-19-16-24(21-14-10-7-11-15-21,23(2,17-25(3)4)18-26(19)5)28-22(27)20-12-8-6-9-13-20/h6-15,19H,16-18H2,1-5H3. The van der Waals surface area contributed by atoms with Gasteiger partial charge in [0, 0.05) is 31.0 Å². The molecule has 1 aliphatic heterocycles. The zero-order chi connectivity index (χ0) is 20.4. The van der Waals surface area contributed by atoms with Crippen molar-refractivity contribution in [1.29, 1.82) is 0 Å². The van der Waals surface area contributed by atoms with E-state index in [0.717, 1.165) is 25.1 Å². The van der Waals surface area contributed by atoms with Gasteiger partial charge in [-0.25, -0.2) is 4.79 Å². The molecule has 1 heterocycles. The highest BCUT2D eigenvalue weighted by atomic mass is 16.6. The molecule has 0 N–H and O–H groups in total. The second-order valence-corrected chi connectivity index (χ2v) is 8.72. The zero-order valence-electron chi connectivity index (χ0n) is 17.7. The van der Waals surface area contributed by atoms with E-state index < -0.39 is 5.60 Å². The molecule has 1 saturated heterocycles. The lowest BCUT2D eigenvalue weighted by molar-refractivity contribution is -0.156. The van der Waals surface area contributed by atoms with Crippen LogP contribution in [0.15, 0.2) is 60.7 Å². The SMILES string of the molecule is CC1CC(OC(=O)c2ccccc2)(c2ccccc2)C(C)(CN(C)C)CN1C. The summed E-state index contributed by atoms with van der Waals surface area (Å²) in [6.07, 6.45) is 0.760. The van der Waals surface area contributed by atoms with Crippen molar-refractivity contribution in [1.82, 2.24) is 9.80 Å². The average molecular weight is 381 g/mol. The van der Waals surface area contributed by atoms with Gasteiger partial charge in [0.15, 0.2) is 0 Å². The predicted molar refractivity (Wildman–Crippen MR) is 113 cm³/mol. The lowest BCUT2D eigenvalue weighted by atomic mass is 9.63. The molecule has 0 spiro atoms. The van der Waals surface area contributed by atoms with Crippen LogP contribution in [0.4, 0.5) is 0 Å². The largest absolute Gasteiger partial charge is 0.450 e. The fourth-order valence-corrected chi connectivity index (χ4v) is 4.72. The van der Waals surface area contributed by atoms with Crippen LogP contribution in [-0.2, 0) is 10.3 Å². The lowest BCUT2D eigenvalue weighted by Crippen LogP contribution is -2.63. The number of piperidine rings is 1. The highest BCUT2D eigenvalue weighted by Gasteiger charge is 2.57. The summed E-state index contributed by atoms with van der Waals surface area (Å²) < 4.78 is 6.49. The third kappa shape index (κ3) is 3.85. The fourth-order valence-electron chi connectivity index (χ4n) is 4.72. The molecule has 2 aromatic carbocycles. The third-order valence-electron chi connectivity index (χ3n) is 6.09. The Labute approximate surface area is 169 Å². The third-order valence-corrected chi connectivity index (χ3v) is 6.09. The molecule has 28 heavy (non-hydrogen) atoms. The molecule has 0 amide bonds. The molecule has 150 valence electrons. The summed E-state index contributed by atoms with van der Waals surface area (Å²) >= 11 is 0. The zero-order valence-corrected chi connectivity index (χ0v) is 17.7. The maximum atomic E-state index is 13.2. The Morgan fingerprint density at radius 2 is 1.68 bits per heavy atom. The maximum absolute atomic E-state index is 13.2. The van der Waals surface area contributed by atoms with Gasteiger partial charge < -0.3 is 14.5 Å². The Morgan fingerprint density at radius 1 is 1.11 bits per heavy atom. The number of rotatable bonds is 5. The van der Waals surface area contributed by atoms with Gasteiger partial charge in [-0.3, -0.25) is 0 Å². The van der Waals surface area contributed by atoms with E-state index in [4.69, 9.17) is 4.74 Å². The van der Waals surface area contributed by atoms with Crippen LogP contribution < -0.4 is 0 Å². The molecule has 0 saturated carbocycles. The van der Waals surface area contributed by atoms with Crippen molar-refractivity contribution in [2.24, 2.45) is 5.41 Å². The molecule has 4 nitrogen and oxygen atoms in total. The van der Waals surface area contributed by atoms with Crippen LogP contribution in [0, 0.1) is 5.41 Å². The Balaban J connectivity index is 2.12. The topological polar surface area (TPSA) is 32.8 Å². The van der Waals surface area contributed by atoms with Gasteiger partial charge in [0.25, 0.3) is 0 Å². The fraction of sp³-hybridized carbons (Fsp3) is 0.458. The Bertz CT molecular complexity index is 793. The molecule has 0 bridgehead atoms. The molecule has 0 aromatic heterocycles. The minimum atomic E-state index is -0.697. The molecular weight excluding hydrogens is 348 g/mol. The van der Waals surface area contributed by atoms with Gasteiger partial charge in [-0.15, -0.1) is 0 Å². The number of carbonyl (C=O) groups excluding carboxylic acids is 1. The van der Waals surface area contributed by atoms with Crippen molar-refractivity contribution in [2.45, 2.75) is 31.9 Å². The quantitative estimate of drug-likeness (QED) is 0.733. The highest BCUT2D eigenvalue weighted by molar-refractivity contribution is 5.89. The first-order valence-electron chi connectivity index (χ1n) is 9.96. The first-order chi connectivity index (χ1) is 13.3. The average Bonchev–Trinajstić information content (AvgIpc) is 2.66. The number of likely N-dealkylation sites (tertiary alicyclic amines) is 1. The summed E-state index contributed by atoms with van der Waals surface area (Å²) in [6, 6.07) is 19.9. The predicted octanol–water partition coefficient (Wildman–Crippen LogP) is 4.03. The van der Waals surface area contributed by atoms with E-state index in [-0.39, 0.29) is 11.4 Å². The molecule has 0 aliphatic carbocycles. The van der Waals surface area contributed by atoms with Crippen LogP contribution in [0.3, 0.4) is 0 Å². The monoisotopic (exact) mass is 380 g/mol. The molecule has 4 heteroatoms. The van der Waals surface area contributed by atoms with E-state index in [0.29, 0.717) is 11.6 Å². The van der Waals surface area contributed by atoms with Crippen LogP contribution in [0.2, 0.25) is 0 Å². The number of ether oxygens (including phenoxy) is 1. The molecule has 2 aromatic rings. The van der Waals surface area contributed by atoms with Crippen LogP contribution in [0.1, 0.15) is 36.2 Å². The number of hydrogen-bond donors (Lipinski definition) is 0. The Morgan fingerprint density at radius 3 is 2.25 bits per heavy atom. The van der Waals surface area contributed by atoms with E-state index in [9.17, 15) is 4.79 Å². The number of nitrogens with zero attached hydrogens (tertiary/aromatic N) is 2. The van der Waals surface area contributed by atoms with Gasteiger partial charge in [-0.1, -0.05) is 55.5 Å². The van der Waals surface area contributed by atoms with Crippen LogP contribution in [0.5, 0.6) is 0 Å². The number of benzene rings is 2. The lowest BCUT2D eigenvalue weighted by Gasteiger charge is -2.56. The highest BCUT2D eigenvalue weighted by Crippen LogP contribution is 2.51. The van der Waals surface area contributed by atoms with Gasteiger partial charge in [0.1, 0.15) is 5.60 Å². The normalized spacial score (nSPS) is 28.3. The maximum Gasteiger partial charge on any atom is 0.339 e. The van der Waals surface area contributed by atoms with Crippen molar-refractivity contribution in [3.8, 4) is 0 Å². The first kappa shape index (κ1) is 20.6.